The summed E-state index contributed by atoms with van der Waals surface area (Å²) in [7, 11) is 0. The van der Waals surface area contributed by atoms with Crippen molar-refractivity contribution in [2.45, 2.75) is 104 Å². The van der Waals surface area contributed by atoms with E-state index >= 15 is 0 Å². The Kier molecular flexibility index (Phi) is 12.1. The number of unbranched alkanes of at least 4 members (excludes halogenated alkanes) is 5. The molecule has 0 bridgehead atoms. The summed E-state index contributed by atoms with van der Waals surface area (Å²) in [6.45, 7) is 11.1. The summed E-state index contributed by atoms with van der Waals surface area (Å²) in [5.74, 6) is 0. The van der Waals surface area contributed by atoms with Crippen LogP contribution in [0.5, 0.6) is 0 Å². The molecule has 1 radical (unpaired) electrons. The number of hydrogen-bond acceptors (Lipinski definition) is 0. The van der Waals surface area contributed by atoms with Crippen LogP contribution in [0.4, 0.5) is 0 Å². The van der Waals surface area contributed by atoms with Crippen molar-refractivity contribution >= 4 is 0 Å². The Morgan fingerprint density at radius 1 is 0.611 bits per heavy atom. The Hall–Kier alpha value is 0. The second-order valence-electron chi connectivity index (χ2n) is 6.12. The first-order chi connectivity index (χ1) is 8.74. The molecule has 0 unspecified atom stereocenters. The molecule has 0 aromatic rings. The molecule has 0 atom stereocenters. The topological polar surface area (TPSA) is 0 Å². The van der Waals surface area contributed by atoms with Gasteiger partial charge in [0.15, 0.2) is 0 Å². The maximum absolute atomic E-state index is 4.13. The van der Waals surface area contributed by atoms with Crippen LogP contribution >= 0.6 is 0 Å². The van der Waals surface area contributed by atoms with Gasteiger partial charge in [-0.25, -0.2) is 0 Å². The van der Waals surface area contributed by atoms with E-state index in [4.69, 9.17) is 0 Å². The average molecular weight is 253 g/mol. The number of hydrogen-bond donors (Lipinski definition) is 0. The van der Waals surface area contributed by atoms with E-state index in [9.17, 15) is 0 Å². The van der Waals surface area contributed by atoms with Crippen LogP contribution < -0.4 is 0 Å². The third-order valence-electron chi connectivity index (χ3n) is 4.39. The van der Waals surface area contributed by atoms with E-state index in [0.717, 1.165) is 6.42 Å². The SMILES string of the molecule is [CH2]CCC(CCCC)(CCCC)CCCCCC. The molecule has 0 amide bonds. The molecular weight excluding hydrogens is 216 g/mol. The smallest absolute Gasteiger partial charge is 0.0297 e. The van der Waals surface area contributed by atoms with Crippen molar-refractivity contribution in [1.82, 2.24) is 0 Å². The molecule has 0 saturated carbocycles. The molecule has 0 spiro atoms. The minimum absolute atomic E-state index is 0.640. The van der Waals surface area contributed by atoms with Gasteiger partial charge in [0.1, 0.15) is 0 Å². The molecule has 0 rings (SSSR count). The third-order valence-corrected chi connectivity index (χ3v) is 4.39. The lowest BCUT2D eigenvalue weighted by molar-refractivity contribution is 0.182. The lowest BCUT2D eigenvalue weighted by Crippen LogP contribution is -2.21. The minimum Gasteiger partial charge on any atom is -0.0654 e. The molecule has 0 heterocycles. The summed E-state index contributed by atoms with van der Waals surface area (Å²) < 4.78 is 0. The van der Waals surface area contributed by atoms with Crippen molar-refractivity contribution in [2.24, 2.45) is 5.41 Å². The highest BCUT2D eigenvalue weighted by Crippen LogP contribution is 2.40. The predicted octanol–water partition coefficient (Wildman–Crippen LogP) is 6.94. The summed E-state index contributed by atoms with van der Waals surface area (Å²) in [5, 5.41) is 0. The van der Waals surface area contributed by atoms with E-state index in [1.807, 2.05) is 0 Å². The Bertz CT molecular complexity index is 151. The zero-order valence-corrected chi connectivity index (χ0v) is 13.4. The van der Waals surface area contributed by atoms with Crippen LogP contribution in [0.25, 0.3) is 0 Å². The quantitative estimate of drug-likeness (QED) is 0.312. The first kappa shape index (κ1) is 18.0. The summed E-state index contributed by atoms with van der Waals surface area (Å²) in [6, 6.07) is 0. The normalized spacial score (nSPS) is 12.0. The van der Waals surface area contributed by atoms with Crippen LogP contribution in [-0.4, -0.2) is 0 Å². The monoisotopic (exact) mass is 253 g/mol. The first-order valence-electron chi connectivity index (χ1n) is 8.54. The molecule has 0 aromatic carbocycles. The Morgan fingerprint density at radius 3 is 1.56 bits per heavy atom. The van der Waals surface area contributed by atoms with Gasteiger partial charge in [-0.1, -0.05) is 85.5 Å². The average Bonchev–Trinajstić information content (AvgIpc) is 2.39. The van der Waals surface area contributed by atoms with Gasteiger partial charge in [-0.2, -0.15) is 0 Å². The highest BCUT2D eigenvalue weighted by Gasteiger charge is 2.27. The largest absolute Gasteiger partial charge is 0.0654 e. The van der Waals surface area contributed by atoms with Gasteiger partial charge < -0.3 is 0 Å². The molecule has 0 heteroatoms. The summed E-state index contributed by atoms with van der Waals surface area (Å²) in [5.41, 5.74) is 0.640. The van der Waals surface area contributed by atoms with Gasteiger partial charge in [0.05, 0.1) is 0 Å². The Morgan fingerprint density at radius 2 is 1.11 bits per heavy atom. The fourth-order valence-corrected chi connectivity index (χ4v) is 3.16. The van der Waals surface area contributed by atoms with Crippen molar-refractivity contribution in [3.8, 4) is 0 Å². The molecular formula is C18H37. The molecule has 0 N–H and O–H groups in total. The van der Waals surface area contributed by atoms with E-state index in [1.165, 1.54) is 77.0 Å². The molecule has 18 heavy (non-hydrogen) atoms. The minimum atomic E-state index is 0.640. The molecule has 0 nitrogen and oxygen atoms in total. The Balaban J connectivity index is 4.29. The van der Waals surface area contributed by atoms with Gasteiger partial charge >= 0.3 is 0 Å². The van der Waals surface area contributed by atoms with Crippen LogP contribution in [0.15, 0.2) is 0 Å². The number of rotatable bonds is 13. The third kappa shape index (κ3) is 8.16. The highest BCUT2D eigenvalue weighted by atomic mass is 14.3. The molecule has 0 fully saturated rings. The van der Waals surface area contributed by atoms with Crippen LogP contribution in [0, 0.1) is 12.3 Å². The van der Waals surface area contributed by atoms with Gasteiger partial charge in [-0.3, -0.25) is 0 Å². The lowest BCUT2D eigenvalue weighted by atomic mass is 9.71. The van der Waals surface area contributed by atoms with Crippen molar-refractivity contribution < 1.29 is 0 Å². The molecule has 109 valence electrons. The van der Waals surface area contributed by atoms with Crippen molar-refractivity contribution in [1.29, 1.82) is 0 Å². The van der Waals surface area contributed by atoms with Crippen LogP contribution in [0.1, 0.15) is 104 Å². The first-order valence-corrected chi connectivity index (χ1v) is 8.54. The van der Waals surface area contributed by atoms with E-state index in [-0.39, 0.29) is 0 Å². The molecule has 0 aliphatic carbocycles. The lowest BCUT2D eigenvalue weighted by Gasteiger charge is -2.34. The van der Waals surface area contributed by atoms with E-state index in [0.29, 0.717) is 5.41 Å². The Labute approximate surface area is 117 Å². The van der Waals surface area contributed by atoms with Gasteiger partial charge in [-0.05, 0) is 31.1 Å². The van der Waals surface area contributed by atoms with Crippen LogP contribution in [-0.2, 0) is 0 Å². The second-order valence-corrected chi connectivity index (χ2v) is 6.12. The van der Waals surface area contributed by atoms with Crippen LogP contribution in [0.3, 0.4) is 0 Å². The standard InChI is InChI=1S/C18H37/c1-5-9-12-13-17-18(14-8-4,15-10-6-2)16-11-7-3/h4-17H2,1-3H3. The van der Waals surface area contributed by atoms with Crippen LogP contribution in [0.2, 0.25) is 0 Å². The maximum atomic E-state index is 4.13. The molecule has 0 aliphatic rings. The summed E-state index contributed by atoms with van der Waals surface area (Å²) >= 11 is 0. The highest BCUT2D eigenvalue weighted by molar-refractivity contribution is 4.80. The van der Waals surface area contributed by atoms with Crippen molar-refractivity contribution in [2.75, 3.05) is 0 Å². The van der Waals surface area contributed by atoms with Gasteiger partial charge in [-0.15, -0.1) is 0 Å². The molecule has 0 saturated heterocycles. The summed E-state index contributed by atoms with van der Waals surface area (Å²) in [4.78, 5) is 0. The molecule has 0 aliphatic heterocycles. The van der Waals surface area contributed by atoms with Gasteiger partial charge in [0.2, 0.25) is 0 Å². The summed E-state index contributed by atoms with van der Waals surface area (Å²) in [6.07, 6.45) is 18.0. The van der Waals surface area contributed by atoms with Gasteiger partial charge in [0.25, 0.3) is 0 Å². The second kappa shape index (κ2) is 12.1. The zero-order chi connectivity index (χ0) is 13.7. The van der Waals surface area contributed by atoms with E-state index < -0.39 is 0 Å². The van der Waals surface area contributed by atoms with E-state index in [2.05, 4.69) is 27.7 Å². The fourth-order valence-electron chi connectivity index (χ4n) is 3.16. The maximum Gasteiger partial charge on any atom is -0.0297 e. The zero-order valence-electron chi connectivity index (χ0n) is 13.4. The predicted molar refractivity (Wildman–Crippen MR) is 84.8 cm³/mol. The van der Waals surface area contributed by atoms with Gasteiger partial charge in [0, 0.05) is 0 Å². The van der Waals surface area contributed by atoms with Crippen molar-refractivity contribution in [3.05, 3.63) is 6.92 Å². The van der Waals surface area contributed by atoms with E-state index in [1.54, 1.807) is 0 Å². The molecule has 0 aromatic heterocycles. The van der Waals surface area contributed by atoms with Crippen molar-refractivity contribution in [3.63, 3.8) is 0 Å². The fraction of sp³-hybridized carbons (Fsp3) is 0.944.